The molecule has 3 N–H and O–H groups in total. The van der Waals surface area contributed by atoms with E-state index in [9.17, 15) is 0 Å². The molecule has 5 nitrogen and oxygen atoms in total. The second kappa shape index (κ2) is 5.69. The highest BCUT2D eigenvalue weighted by atomic mass is 15.2. The first kappa shape index (κ1) is 12.7. The largest absolute Gasteiger partial charge is 0.396 e. The van der Waals surface area contributed by atoms with Crippen molar-refractivity contribution in [2.24, 2.45) is 0 Å². The second-order valence-corrected chi connectivity index (χ2v) is 4.72. The molecular weight excluding hydrogens is 226 g/mol. The Labute approximate surface area is 108 Å². The van der Waals surface area contributed by atoms with Gasteiger partial charge in [0.1, 0.15) is 11.9 Å². The summed E-state index contributed by atoms with van der Waals surface area (Å²) in [6.07, 6.45) is 2.59. The summed E-state index contributed by atoms with van der Waals surface area (Å²) >= 11 is 0. The van der Waals surface area contributed by atoms with Gasteiger partial charge in [0.2, 0.25) is 0 Å². The first-order valence-electron chi connectivity index (χ1n) is 6.35. The molecule has 1 saturated heterocycles. The van der Waals surface area contributed by atoms with Gasteiger partial charge in [0.25, 0.3) is 0 Å². The van der Waals surface area contributed by atoms with E-state index in [1.165, 1.54) is 25.9 Å². The summed E-state index contributed by atoms with van der Waals surface area (Å²) in [5.41, 5.74) is 6.35. The molecule has 1 fully saturated rings. The first-order chi connectivity index (χ1) is 8.70. The van der Waals surface area contributed by atoms with E-state index in [-0.39, 0.29) is 5.69 Å². The lowest BCUT2D eigenvalue weighted by Crippen LogP contribution is -2.35. The van der Waals surface area contributed by atoms with Gasteiger partial charge in [-0.1, -0.05) is 0 Å². The molecule has 1 atom stereocenters. The number of aromatic nitrogens is 1. The predicted molar refractivity (Wildman–Crippen MR) is 72.1 cm³/mol. The van der Waals surface area contributed by atoms with Crippen molar-refractivity contribution in [3.63, 3.8) is 0 Å². The van der Waals surface area contributed by atoms with Crippen molar-refractivity contribution in [2.45, 2.75) is 25.8 Å². The van der Waals surface area contributed by atoms with Gasteiger partial charge in [-0.2, -0.15) is 5.26 Å². The Kier molecular flexibility index (Phi) is 4.00. The molecule has 0 amide bonds. The van der Waals surface area contributed by atoms with Crippen molar-refractivity contribution in [3.8, 4) is 6.07 Å². The molecular formula is C13H19N5. The zero-order valence-corrected chi connectivity index (χ0v) is 10.7. The van der Waals surface area contributed by atoms with Crippen LogP contribution in [0.25, 0.3) is 0 Å². The Morgan fingerprint density at radius 3 is 2.89 bits per heavy atom. The maximum atomic E-state index is 8.86. The Bertz CT molecular complexity index is 445. The molecule has 1 aliphatic rings. The van der Waals surface area contributed by atoms with Crippen LogP contribution in [-0.4, -0.2) is 35.6 Å². The molecule has 0 bridgehead atoms. The Balaban J connectivity index is 1.91. The van der Waals surface area contributed by atoms with E-state index in [1.54, 1.807) is 6.07 Å². The highest BCUT2D eigenvalue weighted by molar-refractivity contribution is 5.54. The lowest BCUT2D eigenvalue weighted by molar-refractivity contribution is 0.269. The van der Waals surface area contributed by atoms with Crippen LogP contribution in [0, 0.1) is 11.3 Å². The van der Waals surface area contributed by atoms with E-state index in [0.29, 0.717) is 17.5 Å². The van der Waals surface area contributed by atoms with Crippen LogP contribution in [0.3, 0.4) is 0 Å². The maximum Gasteiger partial charge on any atom is 0.165 e. The molecule has 18 heavy (non-hydrogen) atoms. The van der Waals surface area contributed by atoms with Crippen LogP contribution in [0.2, 0.25) is 0 Å². The van der Waals surface area contributed by atoms with Gasteiger partial charge in [-0.25, -0.2) is 4.98 Å². The van der Waals surface area contributed by atoms with Gasteiger partial charge in [0.05, 0.1) is 5.69 Å². The summed E-state index contributed by atoms with van der Waals surface area (Å²) in [5, 5.41) is 12.1. The number of anilines is 2. The Morgan fingerprint density at radius 2 is 2.22 bits per heavy atom. The third-order valence-electron chi connectivity index (χ3n) is 3.37. The minimum absolute atomic E-state index is 0.286. The van der Waals surface area contributed by atoms with Crippen molar-refractivity contribution >= 4 is 11.5 Å². The summed E-state index contributed by atoms with van der Waals surface area (Å²) in [4.78, 5) is 6.64. The van der Waals surface area contributed by atoms with Gasteiger partial charge in [0.15, 0.2) is 5.69 Å². The van der Waals surface area contributed by atoms with Gasteiger partial charge in [0, 0.05) is 12.6 Å². The van der Waals surface area contributed by atoms with E-state index in [2.05, 4.69) is 22.1 Å². The fourth-order valence-electron chi connectivity index (χ4n) is 2.22. The monoisotopic (exact) mass is 245 g/mol. The number of nitrogen functional groups attached to an aromatic ring is 1. The van der Waals surface area contributed by atoms with Gasteiger partial charge in [-0.15, -0.1) is 0 Å². The number of nitrogens with zero attached hydrogens (tertiary/aromatic N) is 3. The van der Waals surface area contributed by atoms with Crippen LogP contribution in [-0.2, 0) is 0 Å². The van der Waals surface area contributed by atoms with Crippen LogP contribution in [0.15, 0.2) is 12.1 Å². The molecule has 1 aliphatic heterocycles. The summed E-state index contributed by atoms with van der Waals surface area (Å²) < 4.78 is 0. The van der Waals surface area contributed by atoms with Gasteiger partial charge < -0.3 is 11.1 Å². The number of rotatable bonds is 4. The lowest BCUT2D eigenvalue weighted by Gasteiger charge is -2.24. The van der Waals surface area contributed by atoms with E-state index in [0.717, 1.165) is 6.54 Å². The van der Waals surface area contributed by atoms with Crippen LogP contribution in [0.1, 0.15) is 25.5 Å². The average molecular weight is 245 g/mol. The second-order valence-electron chi connectivity index (χ2n) is 4.72. The zero-order chi connectivity index (χ0) is 13.0. The van der Waals surface area contributed by atoms with Crippen molar-refractivity contribution in [2.75, 3.05) is 30.7 Å². The molecule has 5 heteroatoms. The molecule has 2 rings (SSSR count). The van der Waals surface area contributed by atoms with Crippen LogP contribution >= 0.6 is 0 Å². The first-order valence-corrected chi connectivity index (χ1v) is 6.35. The average Bonchev–Trinajstić information content (AvgIpc) is 2.91. The van der Waals surface area contributed by atoms with Gasteiger partial charge in [-0.3, -0.25) is 4.90 Å². The molecule has 0 aromatic carbocycles. The number of hydrogen-bond donors (Lipinski definition) is 2. The molecule has 0 radical (unpaired) electrons. The number of nitrogens with two attached hydrogens (primary N) is 1. The maximum absolute atomic E-state index is 8.86. The summed E-state index contributed by atoms with van der Waals surface area (Å²) in [6.45, 7) is 5.41. The van der Waals surface area contributed by atoms with Crippen LogP contribution < -0.4 is 11.1 Å². The third-order valence-corrected chi connectivity index (χ3v) is 3.37. The number of nitrogens with one attached hydrogen (secondary N) is 1. The minimum Gasteiger partial charge on any atom is -0.396 e. The molecule has 1 aromatic rings. The van der Waals surface area contributed by atoms with Crippen molar-refractivity contribution in [1.82, 2.24) is 9.88 Å². The Morgan fingerprint density at radius 1 is 1.50 bits per heavy atom. The molecule has 0 saturated carbocycles. The summed E-state index contributed by atoms with van der Waals surface area (Å²) in [7, 11) is 0. The van der Waals surface area contributed by atoms with E-state index in [4.69, 9.17) is 11.0 Å². The van der Waals surface area contributed by atoms with E-state index >= 15 is 0 Å². The van der Waals surface area contributed by atoms with Gasteiger partial charge >= 0.3 is 0 Å². The highest BCUT2D eigenvalue weighted by Crippen LogP contribution is 2.14. The number of hydrogen-bond acceptors (Lipinski definition) is 5. The highest BCUT2D eigenvalue weighted by Gasteiger charge is 2.17. The van der Waals surface area contributed by atoms with Crippen molar-refractivity contribution in [1.29, 1.82) is 5.26 Å². The molecule has 96 valence electrons. The number of pyridine rings is 1. The fourth-order valence-corrected chi connectivity index (χ4v) is 2.22. The lowest BCUT2D eigenvalue weighted by atomic mass is 10.3. The van der Waals surface area contributed by atoms with Crippen LogP contribution in [0.5, 0.6) is 0 Å². The molecule has 2 heterocycles. The smallest absolute Gasteiger partial charge is 0.165 e. The minimum atomic E-state index is 0.286. The summed E-state index contributed by atoms with van der Waals surface area (Å²) in [6, 6.07) is 6.00. The fraction of sp³-hybridized carbons (Fsp3) is 0.538. The number of nitriles is 1. The zero-order valence-electron chi connectivity index (χ0n) is 10.7. The standard InChI is InChI=1S/C13H19N5/c1-10(18-6-2-3-7-18)9-16-13-5-4-11(15)12(8-14)17-13/h4-5,10H,2-3,6-7,9,15H2,1H3,(H,16,17). The van der Waals surface area contributed by atoms with Crippen LogP contribution in [0.4, 0.5) is 11.5 Å². The SMILES string of the molecule is CC(CNc1ccc(N)c(C#N)n1)N1CCCC1. The molecule has 1 aromatic heterocycles. The number of likely N-dealkylation sites (tertiary alicyclic amines) is 1. The van der Waals surface area contributed by atoms with Crippen molar-refractivity contribution in [3.05, 3.63) is 17.8 Å². The topological polar surface area (TPSA) is 78.0 Å². The Hall–Kier alpha value is -1.80. The van der Waals surface area contributed by atoms with Crippen molar-refractivity contribution < 1.29 is 0 Å². The molecule has 0 aliphatic carbocycles. The van der Waals surface area contributed by atoms with E-state index < -0.39 is 0 Å². The molecule has 0 spiro atoms. The third kappa shape index (κ3) is 2.90. The quantitative estimate of drug-likeness (QED) is 0.839. The van der Waals surface area contributed by atoms with Gasteiger partial charge in [-0.05, 0) is 45.0 Å². The predicted octanol–water partition coefficient (Wildman–Crippen LogP) is 1.43. The molecule has 1 unspecified atom stereocenters. The van der Waals surface area contributed by atoms with E-state index in [1.807, 2.05) is 12.1 Å². The summed E-state index contributed by atoms with van der Waals surface area (Å²) in [5.74, 6) is 0.715. The normalized spacial score (nSPS) is 17.3.